The molecule has 0 saturated carbocycles. The van der Waals surface area contributed by atoms with Crippen molar-refractivity contribution in [1.82, 2.24) is 0 Å². The molecule has 0 radical (unpaired) electrons. The molecule has 28 heavy (non-hydrogen) atoms. The van der Waals surface area contributed by atoms with Gasteiger partial charge in [0.2, 0.25) is 0 Å². The Morgan fingerprint density at radius 1 is 0.786 bits per heavy atom. The number of thioether (sulfide) groups is 1. The molecule has 0 N–H and O–H groups in total. The van der Waals surface area contributed by atoms with Crippen molar-refractivity contribution in [3.8, 4) is 0 Å². The SMILES string of the molecule is CCCCSC[C@H](OC(C)=O)[C@@H](OC(C)=O)[C@H](OC(C)=O)[C@@H](CBr)OC(C)=O. The zero-order chi connectivity index (χ0) is 21.7. The molecule has 0 bridgehead atoms. The van der Waals surface area contributed by atoms with E-state index in [1.165, 1.54) is 39.5 Å². The van der Waals surface area contributed by atoms with Crippen molar-refractivity contribution in [2.45, 2.75) is 71.9 Å². The smallest absolute Gasteiger partial charge is 0.303 e. The molecule has 4 atom stereocenters. The van der Waals surface area contributed by atoms with E-state index in [0.29, 0.717) is 5.75 Å². The van der Waals surface area contributed by atoms with Crippen LogP contribution in [0.15, 0.2) is 0 Å². The number of unbranched alkanes of at least 4 members (excludes halogenated alkanes) is 1. The summed E-state index contributed by atoms with van der Waals surface area (Å²) in [5.74, 6) is -1.31. The van der Waals surface area contributed by atoms with Crippen LogP contribution in [0, 0.1) is 0 Å². The number of hydrogen-bond donors (Lipinski definition) is 0. The normalized spacial score (nSPS) is 14.9. The lowest BCUT2D eigenvalue weighted by Crippen LogP contribution is -2.52. The van der Waals surface area contributed by atoms with Gasteiger partial charge in [0.25, 0.3) is 0 Å². The average molecular weight is 485 g/mol. The molecule has 0 rings (SSSR count). The topological polar surface area (TPSA) is 105 Å². The van der Waals surface area contributed by atoms with Crippen LogP contribution in [-0.2, 0) is 38.1 Å². The van der Waals surface area contributed by atoms with Crippen LogP contribution in [0.2, 0.25) is 0 Å². The van der Waals surface area contributed by atoms with Crippen LogP contribution < -0.4 is 0 Å². The molecule has 8 nitrogen and oxygen atoms in total. The van der Waals surface area contributed by atoms with Gasteiger partial charge in [-0.2, -0.15) is 11.8 Å². The van der Waals surface area contributed by atoms with Crippen molar-refractivity contribution >= 4 is 51.6 Å². The second-order valence-electron chi connectivity index (χ2n) is 6.03. The lowest BCUT2D eigenvalue weighted by atomic mass is 10.0. The van der Waals surface area contributed by atoms with Gasteiger partial charge in [-0.05, 0) is 12.2 Å². The Hall–Kier alpha value is -1.29. The third-order valence-electron chi connectivity index (χ3n) is 3.37. The third-order valence-corrected chi connectivity index (χ3v) is 5.15. The number of ether oxygens (including phenoxy) is 4. The van der Waals surface area contributed by atoms with Gasteiger partial charge in [-0.1, -0.05) is 29.3 Å². The predicted octanol–water partition coefficient (Wildman–Crippen LogP) is 2.64. The van der Waals surface area contributed by atoms with Gasteiger partial charge < -0.3 is 18.9 Å². The molecule has 0 spiro atoms. The molecule has 0 aliphatic carbocycles. The van der Waals surface area contributed by atoms with Crippen LogP contribution in [0.25, 0.3) is 0 Å². The lowest BCUT2D eigenvalue weighted by Gasteiger charge is -2.35. The molecule has 0 aromatic rings. The van der Waals surface area contributed by atoms with E-state index in [1.54, 1.807) is 0 Å². The predicted molar refractivity (Wildman–Crippen MR) is 108 cm³/mol. The van der Waals surface area contributed by atoms with Crippen molar-refractivity contribution in [2.24, 2.45) is 0 Å². The van der Waals surface area contributed by atoms with Gasteiger partial charge >= 0.3 is 23.9 Å². The maximum absolute atomic E-state index is 11.7. The number of carbonyl (C=O) groups excluding carboxylic acids is 4. The minimum atomic E-state index is -1.15. The zero-order valence-electron chi connectivity index (χ0n) is 16.9. The molecule has 10 heteroatoms. The molecule has 0 saturated heterocycles. The van der Waals surface area contributed by atoms with E-state index in [1.807, 2.05) is 0 Å². The highest BCUT2D eigenvalue weighted by atomic mass is 79.9. The van der Waals surface area contributed by atoms with E-state index in [-0.39, 0.29) is 5.33 Å². The van der Waals surface area contributed by atoms with E-state index in [4.69, 9.17) is 18.9 Å². The van der Waals surface area contributed by atoms with Crippen LogP contribution in [-0.4, -0.2) is 65.1 Å². The van der Waals surface area contributed by atoms with Crippen molar-refractivity contribution in [2.75, 3.05) is 16.8 Å². The van der Waals surface area contributed by atoms with Crippen molar-refractivity contribution in [3.63, 3.8) is 0 Å². The summed E-state index contributed by atoms with van der Waals surface area (Å²) >= 11 is 4.75. The summed E-state index contributed by atoms with van der Waals surface area (Å²) in [6, 6.07) is 0. The molecule has 0 aliphatic heterocycles. The molecular formula is C18H29BrO8S. The first kappa shape index (κ1) is 26.7. The van der Waals surface area contributed by atoms with Crippen LogP contribution in [0.3, 0.4) is 0 Å². The summed E-state index contributed by atoms with van der Waals surface area (Å²) in [5.41, 5.74) is 0. The summed E-state index contributed by atoms with van der Waals surface area (Å²) in [4.78, 5) is 46.5. The molecule has 0 aliphatic rings. The number of alkyl halides is 1. The zero-order valence-corrected chi connectivity index (χ0v) is 19.3. The van der Waals surface area contributed by atoms with E-state index in [9.17, 15) is 19.2 Å². The first-order valence-electron chi connectivity index (χ1n) is 8.94. The first-order chi connectivity index (χ1) is 13.1. The molecule has 0 amide bonds. The van der Waals surface area contributed by atoms with E-state index in [0.717, 1.165) is 18.6 Å². The molecule has 162 valence electrons. The number of hydrogen-bond acceptors (Lipinski definition) is 9. The molecule has 0 fully saturated rings. The Morgan fingerprint density at radius 3 is 1.61 bits per heavy atom. The fraction of sp³-hybridized carbons (Fsp3) is 0.778. The fourth-order valence-electron chi connectivity index (χ4n) is 2.35. The monoisotopic (exact) mass is 484 g/mol. The maximum atomic E-state index is 11.7. The van der Waals surface area contributed by atoms with Crippen LogP contribution in [0.4, 0.5) is 0 Å². The summed E-state index contributed by atoms with van der Waals surface area (Å²) < 4.78 is 21.3. The lowest BCUT2D eigenvalue weighted by molar-refractivity contribution is -0.194. The first-order valence-corrected chi connectivity index (χ1v) is 11.2. The number of esters is 4. The Labute approximate surface area is 178 Å². The maximum Gasteiger partial charge on any atom is 0.303 e. The summed E-state index contributed by atoms with van der Waals surface area (Å²) in [5, 5.41) is 0.123. The van der Waals surface area contributed by atoms with Gasteiger partial charge in [0.15, 0.2) is 24.4 Å². The Morgan fingerprint density at radius 2 is 1.21 bits per heavy atom. The molecule has 0 heterocycles. The van der Waals surface area contributed by atoms with Crippen molar-refractivity contribution in [1.29, 1.82) is 0 Å². The Balaban J connectivity index is 5.81. The van der Waals surface area contributed by atoms with Gasteiger partial charge in [-0.25, -0.2) is 0 Å². The minimum absolute atomic E-state index is 0.123. The van der Waals surface area contributed by atoms with Gasteiger partial charge in [0.1, 0.15) is 0 Å². The average Bonchev–Trinajstić information content (AvgIpc) is 2.57. The molecule has 0 aromatic carbocycles. The number of halogens is 1. The van der Waals surface area contributed by atoms with Crippen molar-refractivity contribution < 1.29 is 38.1 Å². The van der Waals surface area contributed by atoms with Crippen LogP contribution in [0.5, 0.6) is 0 Å². The third kappa shape index (κ3) is 11.5. The molecule has 0 unspecified atom stereocenters. The Bertz CT molecular complexity index is 528. The van der Waals surface area contributed by atoms with Gasteiger partial charge in [-0.15, -0.1) is 0 Å². The van der Waals surface area contributed by atoms with Gasteiger partial charge in [0.05, 0.1) is 0 Å². The fourth-order valence-corrected chi connectivity index (χ4v) is 4.00. The van der Waals surface area contributed by atoms with E-state index in [2.05, 4.69) is 22.9 Å². The Kier molecular flexibility index (Phi) is 14.0. The standard InChI is InChI=1S/C18H29BrO8S/c1-6-7-8-28-10-16(25-12(3)21)18(27-14(5)23)17(26-13(4)22)15(9-19)24-11(2)20/h15-18H,6-10H2,1-5H3/t15-,16+,17-,18-/m1/s1. The molecule has 0 aromatic heterocycles. The minimum Gasteiger partial charge on any atom is -0.458 e. The highest BCUT2D eigenvalue weighted by Crippen LogP contribution is 2.23. The van der Waals surface area contributed by atoms with E-state index >= 15 is 0 Å². The summed E-state index contributed by atoms with van der Waals surface area (Å²) in [6.07, 6.45) is -2.14. The van der Waals surface area contributed by atoms with Crippen molar-refractivity contribution in [3.05, 3.63) is 0 Å². The number of carbonyl (C=O) groups is 4. The second kappa shape index (κ2) is 14.7. The summed E-state index contributed by atoms with van der Waals surface area (Å²) in [7, 11) is 0. The van der Waals surface area contributed by atoms with Gasteiger partial charge in [-0.3, -0.25) is 19.2 Å². The van der Waals surface area contributed by atoms with Crippen LogP contribution in [0.1, 0.15) is 47.5 Å². The van der Waals surface area contributed by atoms with E-state index < -0.39 is 48.3 Å². The quantitative estimate of drug-likeness (QED) is 0.169. The largest absolute Gasteiger partial charge is 0.458 e. The summed E-state index contributed by atoms with van der Waals surface area (Å²) in [6.45, 7) is 6.90. The molecular weight excluding hydrogens is 456 g/mol. The second-order valence-corrected chi connectivity index (χ2v) is 7.82. The van der Waals surface area contributed by atoms with Crippen LogP contribution >= 0.6 is 27.7 Å². The highest BCUT2D eigenvalue weighted by molar-refractivity contribution is 9.09. The van der Waals surface area contributed by atoms with Gasteiger partial charge in [0, 0.05) is 38.8 Å². The highest BCUT2D eigenvalue weighted by Gasteiger charge is 2.42. The number of rotatable bonds is 13.